The highest BCUT2D eigenvalue weighted by molar-refractivity contribution is 6.03. The van der Waals surface area contributed by atoms with E-state index < -0.39 is 315 Å². The molecule has 4 rings (SSSR count). The van der Waals surface area contributed by atoms with Gasteiger partial charge in [-0.05, 0) is 137 Å². The first-order valence-electron chi connectivity index (χ1n) is 50.1. The van der Waals surface area contributed by atoms with Crippen molar-refractivity contribution in [1.82, 2.24) is 78.7 Å². The number of aromatic hydroxyl groups is 1. The summed E-state index contributed by atoms with van der Waals surface area (Å²) in [5.74, 6) is -30.3. The van der Waals surface area contributed by atoms with Gasteiger partial charge >= 0.3 is 11.9 Å². The van der Waals surface area contributed by atoms with Crippen molar-refractivity contribution in [3.05, 3.63) is 48.0 Å². The maximum Gasteiger partial charge on any atom is 0.304 e. The number of aliphatic carboxylic acids is 2. The number of aromatic amines is 1. The van der Waals surface area contributed by atoms with Crippen LogP contribution in [-0.4, -0.2) is 253 Å². The van der Waals surface area contributed by atoms with Crippen LogP contribution in [0.25, 0.3) is 0 Å². The van der Waals surface area contributed by atoms with E-state index in [1.807, 2.05) is 20.8 Å². The van der Waals surface area contributed by atoms with Gasteiger partial charge in [0.15, 0.2) is 46.4 Å². The van der Waals surface area contributed by atoms with E-state index in [9.17, 15) is 102 Å². The Kier molecular flexibility index (Phi) is 53.7. The van der Waals surface area contributed by atoms with Gasteiger partial charge in [0, 0.05) is 145 Å². The highest BCUT2D eigenvalue weighted by atomic mass is 16.4. The average molecular weight is 2010 g/mol. The minimum Gasteiger partial charge on any atom is -0.508 e. The summed E-state index contributed by atoms with van der Waals surface area (Å²) in [7, 11) is 0. The lowest BCUT2D eigenvalue weighted by Gasteiger charge is -2.30. The molecule has 2 unspecified atom stereocenters. The second-order valence-electron chi connectivity index (χ2n) is 39.7. The molecule has 143 heavy (non-hydrogen) atoms. The number of carbonyl (C=O) groups is 22. The van der Waals surface area contributed by atoms with Crippen LogP contribution in [0.1, 0.15) is 269 Å². The Morgan fingerprint density at radius 3 is 1.80 bits per heavy atom. The third-order valence-corrected chi connectivity index (χ3v) is 26.0. The van der Waals surface area contributed by atoms with Gasteiger partial charge in [-0.1, -0.05) is 108 Å². The Morgan fingerprint density at radius 2 is 1.20 bits per heavy atom. The molecule has 796 valence electrons. The third kappa shape index (κ3) is 44.7. The number of ketones is 7. The molecular formula is C100H156N18O25. The zero-order chi connectivity index (χ0) is 107. The standard InChI is InChI=1S/C100H156N18O25/c1-15-58(12)70-48-82(125)75(115-94(138)63(28-32-89(132)133)42-83(126)77-24-21-35-118(77)99(143)76(39-61-25-29-68(120)30-26-61)111-88(131)52-109-87(130)51-108-60(14)119)49-86(129)106-33-19-18-22-71(113-96(140)66(46-90(134)135)44-80(123)74(38-56(8)9)116-98(70)142)78(121)43-65(40-67-50-104-53-110-67)95(139)114-73(37-55(6)7)79(122)41-62(27-31-85(101)128)93(137)112-72(23-20-34-107-100(102)103)81(124)47-69(57(10)11)97(141)117-91(59(13)16-2)84(127)45-64(36-54(4)5)92(136)105-17-3/h25-26,29-30,50,53-59,62-66,69-77,91,120H,15-24,27-28,31-49,51-52H2,1-14H3,(H2,101,128)(H,104,110)(H,105,136)(H,106,129)(H,108,119)(H,109,130)(H,111,131)(H,112,137)(H,113,140)(H,114,139)(H,115,138)(H,116,142)(H,117,141)(H,132,133)(H,134,135)(H4,102,103,107)/t58-,59-,62+,63+,64+,65+,66-,69-,70?,71-,72-,73-,74-,75-,76-,77-,91?/m0/s1. The van der Waals surface area contributed by atoms with Crippen molar-refractivity contribution in [2.45, 2.75) is 319 Å². The number of phenols is 1. The van der Waals surface area contributed by atoms with Crippen LogP contribution in [0.15, 0.2) is 36.8 Å². The fourth-order valence-corrected chi connectivity index (χ4v) is 17.6. The van der Waals surface area contributed by atoms with Crippen LogP contribution in [0, 0.1) is 82.3 Å². The molecule has 0 radical (unpaired) electrons. The number of amides is 13. The number of nitrogens with zero attached hydrogens (tertiary/aromatic N) is 2. The minimum absolute atomic E-state index is 0.0152. The summed E-state index contributed by atoms with van der Waals surface area (Å²) >= 11 is 0. The summed E-state index contributed by atoms with van der Waals surface area (Å²) in [5, 5.41) is 70.0. The fourth-order valence-electron chi connectivity index (χ4n) is 17.6. The monoisotopic (exact) mass is 2010 g/mol. The minimum atomic E-state index is -1.81. The number of carboxylic acid groups (broad SMARTS) is 2. The first kappa shape index (κ1) is 123. The second-order valence-corrected chi connectivity index (χ2v) is 39.7. The van der Waals surface area contributed by atoms with Gasteiger partial charge in [0.1, 0.15) is 11.8 Å². The van der Waals surface area contributed by atoms with Gasteiger partial charge in [-0.3, -0.25) is 111 Å². The van der Waals surface area contributed by atoms with Crippen molar-refractivity contribution in [3.63, 3.8) is 0 Å². The van der Waals surface area contributed by atoms with E-state index in [-0.39, 0.29) is 145 Å². The molecule has 2 aliphatic rings. The second kappa shape index (κ2) is 62.6. The largest absolute Gasteiger partial charge is 0.508 e. The smallest absolute Gasteiger partial charge is 0.304 e. The van der Waals surface area contributed by atoms with Crippen molar-refractivity contribution in [2.24, 2.45) is 88.4 Å². The van der Waals surface area contributed by atoms with E-state index in [1.54, 1.807) is 69.2 Å². The van der Waals surface area contributed by atoms with E-state index in [4.69, 9.17) is 16.9 Å². The number of guanidine groups is 1. The normalized spacial score (nSPS) is 19.2. The Hall–Kier alpha value is -12.8. The Morgan fingerprint density at radius 1 is 0.573 bits per heavy atom. The number of likely N-dealkylation sites (tertiary alicyclic amines) is 1. The lowest BCUT2D eigenvalue weighted by Crippen LogP contribution is -2.54. The lowest BCUT2D eigenvalue weighted by molar-refractivity contribution is -0.143. The van der Waals surface area contributed by atoms with E-state index in [0.29, 0.717) is 30.6 Å². The first-order valence-corrected chi connectivity index (χ1v) is 50.1. The number of imidazole rings is 1. The molecule has 1 aromatic carbocycles. The molecule has 1 aromatic heterocycles. The number of nitrogens with two attached hydrogens (primary N) is 2. The van der Waals surface area contributed by atoms with Crippen LogP contribution in [0.5, 0.6) is 5.75 Å². The van der Waals surface area contributed by atoms with Gasteiger partial charge in [0.2, 0.25) is 76.8 Å². The van der Waals surface area contributed by atoms with Crippen molar-refractivity contribution in [2.75, 3.05) is 39.3 Å². The predicted octanol–water partition coefficient (Wildman–Crippen LogP) is 3.15. The maximum absolute atomic E-state index is 15.4. The number of hydrogen-bond acceptors (Lipinski definition) is 25. The number of benzene rings is 1. The number of carboxylic acids is 2. The number of hydrogen-bond donors (Lipinski definition) is 19. The van der Waals surface area contributed by atoms with Gasteiger partial charge in [-0.15, -0.1) is 0 Å². The van der Waals surface area contributed by atoms with Crippen LogP contribution < -0.4 is 75.3 Å². The van der Waals surface area contributed by atoms with Crippen molar-refractivity contribution in [3.8, 4) is 5.75 Å². The third-order valence-electron chi connectivity index (χ3n) is 26.0. The SMILES string of the molecule is CCNC(=O)[C@@H](CC(=O)C(NC(=O)[C@@H](CC(=O)[C@H](CCCNC(=N)N)NC(=O)[C@H](CCC(N)=O)CC(=O)[C@H](CC(C)C)NC(=O)[C@@H](CC(=O)[C@@H]1CCCCNC(=O)C[C@H](NC(=O)[C@H](CCC(=O)O)CC(=O)[C@@H]2CCCN2C(=O)[C@H](Cc2ccc(O)cc2)NC(=O)CNC(=O)CNC(C)=O)C(=O)CC([C@@H](C)CC)C(=O)N[C@@H](CC(C)C)C(=O)C[C@@H](CC(=O)O)C(=O)N1)Cc1cnc[nH]1)C(C)C)[C@@H](C)CC)CC(C)C. The zero-order valence-electron chi connectivity index (χ0n) is 85.3. The molecule has 2 saturated heterocycles. The van der Waals surface area contributed by atoms with Gasteiger partial charge in [0.05, 0.1) is 86.4 Å². The summed E-state index contributed by atoms with van der Waals surface area (Å²) in [4.78, 5) is 319. The predicted molar refractivity (Wildman–Crippen MR) is 525 cm³/mol. The van der Waals surface area contributed by atoms with E-state index in [1.165, 1.54) is 48.6 Å². The molecule has 17 atom stereocenters. The Bertz CT molecular complexity index is 4690. The number of phenolic OH excluding ortho intramolecular Hbond substituents is 1. The van der Waals surface area contributed by atoms with E-state index in [2.05, 4.69) is 73.8 Å². The van der Waals surface area contributed by atoms with Gasteiger partial charge in [-0.25, -0.2) is 4.98 Å². The van der Waals surface area contributed by atoms with E-state index >= 15 is 19.2 Å². The molecule has 2 aliphatic heterocycles. The summed E-state index contributed by atoms with van der Waals surface area (Å²) in [6.07, 6.45) is -5.07. The first-order chi connectivity index (χ1) is 67.3. The Labute approximate surface area is 836 Å². The summed E-state index contributed by atoms with van der Waals surface area (Å²) in [6.45, 7) is 23.1. The van der Waals surface area contributed by atoms with Gasteiger partial charge < -0.3 is 100 Å². The highest BCUT2D eigenvalue weighted by Crippen LogP contribution is 2.31. The van der Waals surface area contributed by atoms with Crippen LogP contribution in [-0.2, 0) is 118 Å². The van der Waals surface area contributed by atoms with Gasteiger partial charge in [0.25, 0.3) is 0 Å². The molecule has 2 fully saturated rings. The molecular weight excluding hydrogens is 1850 g/mol. The number of Topliss-reactive ketones (excluding diaryl/α,β-unsaturated/α-hetero) is 7. The quantitative estimate of drug-likeness (QED) is 0.0257. The van der Waals surface area contributed by atoms with Crippen molar-refractivity contribution < 1.29 is 121 Å². The fraction of sp³-hybridized carbons (Fsp3) is 0.680. The number of nitrogens with one attached hydrogen (secondary N) is 14. The van der Waals surface area contributed by atoms with Crippen LogP contribution in [0.4, 0.5) is 0 Å². The average Bonchev–Trinajstić information content (AvgIpc) is 1.65. The number of aromatic nitrogens is 2. The zero-order valence-corrected chi connectivity index (χ0v) is 85.3. The molecule has 0 saturated carbocycles. The molecule has 0 bridgehead atoms. The number of H-pyrrole nitrogens is 1. The van der Waals surface area contributed by atoms with E-state index in [0.717, 1.165) is 0 Å². The number of carbonyl (C=O) groups excluding carboxylic acids is 20. The molecule has 0 aliphatic carbocycles. The number of rotatable bonds is 58. The lowest BCUT2D eigenvalue weighted by atomic mass is 9.83. The van der Waals surface area contributed by atoms with Crippen molar-refractivity contribution >= 4 is 135 Å². The molecule has 13 amide bonds. The number of primary amides is 1. The molecule has 43 heteroatoms. The van der Waals surface area contributed by atoms with Crippen LogP contribution >= 0.6 is 0 Å². The van der Waals surface area contributed by atoms with Gasteiger partial charge in [-0.2, -0.15) is 0 Å². The van der Waals surface area contributed by atoms with Crippen LogP contribution in [0.3, 0.4) is 0 Å². The Balaban J connectivity index is 1.75. The highest BCUT2D eigenvalue weighted by Gasteiger charge is 2.44. The molecule has 3 heterocycles. The summed E-state index contributed by atoms with van der Waals surface area (Å²) in [5.41, 5.74) is 12.0. The molecule has 2 aromatic rings. The van der Waals surface area contributed by atoms with Crippen molar-refractivity contribution in [1.29, 1.82) is 5.41 Å². The van der Waals surface area contributed by atoms with Crippen LogP contribution in [0.2, 0.25) is 0 Å². The molecule has 21 N–H and O–H groups in total. The maximum atomic E-state index is 15.4. The molecule has 0 spiro atoms. The summed E-state index contributed by atoms with van der Waals surface area (Å²) in [6, 6.07) is -5.72. The molecule has 43 nitrogen and oxygen atoms in total. The summed E-state index contributed by atoms with van der Waals surface area (Å²) < 4.78 is 0. The topological polar surface area (TPSA) is 688 Å².